The van der Waals surface area contributed by atoms with Crippen molar-refractivity contribution in [1.29, 1.82) is 0 Å². The highest BCUT2D eigenvalue weighted by Gasteiger charge is 2.58. The van der Waals surface area contributed by atoms with Gasteiger partial charge in [-0.1, -0.05) is 0 Å². The van der Waals surface area contributed by atoms with Gasteiger partial charge in [-0.2, -0.15) is 0 Å². The van der Waals surface area contributed by atoms with E-state index in [2.05, 4.69) is 10.1 Å². The number of hydrogen-bond acceptors (Lipinski definition) is 40. The van der Waals surface area contributed by atoms with Gasteiger partial charge in [-0.05, 0) is 44.4 Å². The number of methoxy groups -OCH3 is 4. The van der Waals surface area contributed by atoms with E-state index >= 15 is 0 Å². The van der Waals surface area contributed by atoms with Gasteiger partial charge in [0.05, 0.1) is 97.1 Å². The zero-order chi connectivity index (χ0) is 75.8. The summed E-state index contributed by atoms with van der Waals surface area (Å²) in [5.41, 5.74) is 0. The molecule has 101 heavy (non-hydrogen) atoms. The minimum Gasteiger partial charge on any atom is -0.547 e. The van der Waals surface area contributed by atoms with E-state index in [-0.39, 0.29) is 0 Å². The third kappa shape index (κ3) is 18.6. The van der Waals surface area contributed by atoms with E-state index in [1.807, 2.05) is 0 Å². The molecule has 0 aromatic rings. The molecule has 0 aromatic carbocycles. The fraction of sp³-hybridized carbons (Fsp3) is 0.864. The Hall–Kier alpha value is -4.96. The van der Waals surface area contributed by atoms with Crippen LogP contribution in [0.4, 0.5) is 0 Å². The predicted octanol–water partition coefficient (Wildman–Crippen LogP) is -17.6. The van der Waals surface area contributed by atoms with Gasteiger partial charge in [-0.3, -0.25) is 4.79 Å². The van der Waals surface area contributed by atoms with E-state index in [1.54, 1.807) is 0 Å². The largest absolute Gasteiger partial charge is 0.547 e. The third-order valence-electron chi connectivity index (χ3n) is 20.1. The molecule has 0 radical (unpaired) electrons. The zero-order valence-electron chi connectivity index (χ0n) is 54.6. The number of carboxylic acid groups (broad SMARTS) is 5. The van der Waals surface area contributed by atoms with Crippen molar-refractivity contribution in [3.8, 4) is 0 Å². The number of aliphatic hydroxyl groups is 17. The van der Waals surface area contributed by atoms with E-state index in [9.17, 15) is 151 Å². The van der Waals surface area contributed by atoms with Crippen molar-refractivity contribution < 1.29 is 203 Å². The zero-order valence-corrected chi connectivity index (χ0v) is 54.6. The number of ether oxygens (including phenoxy) is 11. The molecule has 0 saturated carbocycles. The molecule has 42 heteroatoms. The van der Waals surface area contributed by atoms with Crippen molar-refractivity contribution >= 4 is 48.3 Å². The number of nitrogens with one attached hydrogen (secondary N) is 1. The number of aliphatic carboxylic acids is 5. The second-order valence-corrected chi connectivity index (χ2v) is 25.9. The molecule has 7 aliphatic heterocycles. The average Bonchev–Trinajstić information content (AvgIpc) is 0.771. The summed E-state index contributed by atoms with van der Waals surface area (Å²) < 4.78 is 57.7. The number of hydrogen-bond donors (Lipinski definition) is 19. The van der Waals surface area contributed by atoms with Crippen LogP contribution in [0.15, 0.2) is 0 Å². The topological polar surface area (TPSA) is 707 Å². The van der Waals surface area contributed by atoms with Gasteiger partial charge in [0.25, 0.3) is 0 Å². The van der Waals surface area contributed by atoms with E-state index in [4.69, 9.17) is 47.4 Å². The number of carbonyl (C=O) groups excluding carboxylic acids is 7. The van der Waals surface area contributed by atoms with Crippen LogP contribution in [0, 0.1) is 35.5 Å². The summed E-state index contributed by atoms with van der Waals surface area (Å²) in [6.45, 7) is 0. The molecule has 39 unspecified atom stereocenters. The first kappa shape index (κ1) is 85.0. The summed E-state index contributed by atoms with van der Waals surface area (Å²) in [4.78, 5) is 96.0. The summed E-state index contributed by atoms with van der Waals surface area (Å²) in [6.07, 6.45) is -62.7. The van der Waals surface area contributed by atoms with Crippen LogP contribution in [0.5, 0.6) is 0 Å². The van der Waals surface area contributed by atoms with Crippen LogP contribution in [-0.2, 0) is 90.5 Å². The van der Waals surface area contributed by atoms with Gasteiger partial charge in [0.1, 0.15) is 122 Å². The summed E-state index contributed by atoms with van der Waals surface area (Å²) in [5.74, 6) is -18.9. The first-order valence-corrected chi connectivity index (χ1v) is 31.9. The summed E-state index contributed by atoms with van der Waals surface area (Å²) in [6, 6.07) is 0. The molecular formula is C59H89NO41-4. The normalized spacial score (nSPS) is 44.8. The highest BCUT2D eigenvalue weighted by atomic mass is 16.7. The predicted molar refractivity (Wildman–Crippen MR) is 305 cm³/mol. The molecule has 580 valence electrons. The van der Waals surface area contributed by atoms with Crippen LogP contribution in [0.2, 0.25) is 0 Å². The Morgan fingerprint density at radius 1 is 0.416 bits per heavy atom. The van der Waals surface area contributed by atoms with Crippen LogP contribution in [0.1, 0.15) is 44.9 Å². The quantitative estimate of drug-likeness (QED) is 0.0255. The lowest BCUT2D eigenvalue weighted by molar-refractivity contribution is -0.340. The second-order valence-electron chi connectivity index (χ2n) is 25.9. The van der Waals surface area contributed by atoms with Gasteiger partial charge in [0.2, 0.25) is 5.91 Å². The number of likely N-dealkylation sites (N-methyl/N-ethyl adjacent to an activating group) is 1. The highest BCUT2D eigenvalue weighted by Crippen LogP contribution is 2.43. The molecule has 7 heterocycles. The Labute approximate surface area is 572 Å². The van der Waals surface area contributed by atoms with Crippen molar-refractivity contribution in [1.82, 2.24) is 5.32 Å². The molecule has 7 rings (SSSR count). The van der Waals surface area contributed by atoms with Crippen LogP contribution in [0.3, 0.4) is 0 Å². The van der Waals surface area contributed by atoms with Gasteiger partial charge in [-0.25, -0.2) is 4.79 Å². The highest BCUT2D eigenvalue weighted by molar-refractivity contribution is 5.81. The molecule has 39 atom stereocenters. The van der Waals surface area contributed by atoms with Crippen LogP contribution >= 0.6 is 0 Å². The molecule has 0 aromatic heterocycles. The summed E-state index contributed by atoms with van der Waals surface area (Å²) in [5, 5.41) is 242. The monoisotopic (exact) mass is 1470 g/mol. The maximum atomic E-state index is 13.0. The second kappa shape index (κ2) is 36.8. The minimum atomic E-state index is -2.12. The number of carboxylic acids is 5. The molecule has 7 saturated heterocycles. The molecule has 0 aliphatic carbocycles. The van der Waals surface area contributed by atoms with Crippen LogP contribution in [0.25, 0.3) is 0 Å². The summed E-state index contributed by atoms with van der Waals surface area (Å²) >= 11 is 0. The van der Waals surface area contributed by atoms with Crippen LogP contribution < -0.4 is 25.7 Å². The molecule has 1 amide bonds. The average molecular weight is 1470 g/mol. The van der Waals surface area contributed by atoms with Gasteiger partial charge in [0, 0.05) is 71.5 Å². The van der Waals surface area contributed by atoms with Gasteiger partial charge in [-0.15, -0.1) is 0 Å². The van der Waals surface area contributed by atoms with Crippen molar-refractivity contribution in [3.05, 3.63) is 0 Å². The Morgan fingerprint density at radius 3 is 1.08 bits per heavy atom. The van der Waals surface area contributed by atoms with Crippen molar-refractivity contribution in [2.75, 3.05) is 35.5 Å². The molecule has 0 spiro atoms. The number of carbonyl (C=O) groups is 8. The Kier molecular flexibility index (Phi) is 31.0. The molecule has 19 N–H and O–H groups in total. The molecule has 7 aliphatic rings. The van der Waals surface area contributed by atoms with Gasteiger partial charge < -0.3 is 199 Å². The van der Waals surface area contributed by atoms with Crippen LogP contribution in [-0.4, -0.2) is 378 Å². The van der Waals surface area contributed by atoms with E-state index in [0.29, 0.717) is 12.6 Å². The van der Waals surface area contributed by atoms with E-state index in [0.717, 1.165) is 21.3 Å². The lowest BCUT2D eigenvalue weighted by atomic mass is 9.75. The first-order valence-electron chi connectivity index (χ1n) is 31.9. The number of aliphatic hydroxyl groups excluding tert-OH is 17. The third-order valence-corrected chi connectivity index (χ3v) is 20.1. The SMILES string of the molecule is CNC(=O)C1OC(CC2C(C=O)OC(OC)C(O)C2O)C(O)C(O)C1CC1OC(C(=O)[O-])C(CC2OC(C(=O)[O-])C(OC)C(O)C2O)C(O)C1O.COC(O)C(O)C(O)C(CC=O)CC1OC(C(=O)O)C(CC2OC(C(=O)[O-])C(CC3OC(C(=O)[O-])C(OC)C(O)C3O)C(O)C2O)C(O)C1O. The minimum absolute atomic E-state index is 0.339. The van der Waals surface area contributed by atoms with Crippen molar-refractivity contribution in [3.63, 3.8) is 0 Å². The Balaban J connectivity index is 0.000000318. The molecule has 42 nitrogen and oxygen atoms in total. The maximum absolute atomic E-state index is 13.0. The van der Waals surface area contributed by atoms with Gasteiger partial charge in [0.15, 0.2) is 18.7 Å². The Morgan fingerprint density at radius 2 is 0.743 bits per heavy atom. The Bertz CT molecular complexity index is 2740. The standard InChI is InChI=1S/C30H47NO20.C29H46O21/c1-31-27(41)23-9(16(34)18(36)11(48-23)4-8-14(7-32)51-30(47-3)22(40)15(8)33)5-12-19(37)17(35)10(24(49-12)28(42)43)6-13-20(38)21(39)25(46-2)26(50-13)29(44)45;1-46-24-20(37)19(36)13(50-25(24)28(43)44)7-10-16(33)18(35)12(49-23(10)27(41)42)6-9-15(32)17(34)11(48-22(9)26(39)40)5-8(3-4-30)14(31)21(38)29(45)47-2/h7-26,30,33-40H,4-6H2,1-3H3,(H,31,41)(H,42,43)(H,44,45);4,8-25,29,31-38,45H,3,5-7H2,1-2H3,(H,39,40)(H,41,42)(H,43,44)/p-4. The maximum Gasteiger partial charge on any atom is 0.333 e. The fourth-order valence-corrected chi connectivity index (χ4v) is 14.5. The molecular weight excluding hydrogens is 1380 g/mol. The van der Waals surface area contributed by atoms with Crippen molar-refractivity contribution in [2.24, 2.45) is 35.5 Å². The number of rotatable bonds is 28. The van der Waals surface area contributed by atoms with E-state index in [1.165, 1.54) is 14.2 Å². The lowest BCUT2D eigenvalue weighted by Crippen LogP contribution is -2.65. The molecule has 0 bridgehead atoms. The summed E-state index contributed by atoms with van der Waals surface area (Å²) in [7, 11) is 5.49. The molecule has 7 fully saturated rings. The smallest absolute Gasteiger partial charge is 0.333 e. The van der Waals surface area contributed by atoms with Crippen molar-refractivity contribution in [2.45, 2.75) is 247 Å². The van der Waals surface area contributed by atoms with E-state index < -0.39 is 318 Å². The number of amides is 1. The number of aldehydes is 2. The first-order chi connectivity index (χ1) is 47.4. The fourth-order valence-electron chi connectivity index (χ4n) is 14.5. The van der Waals surface area contributed by atoms with Gasteiger partial charge >= 0.3 is 5.97 Å². The lowest BCUT2D eigenvalue weighted by Gasteiger charge is -2.49.